The van der Waals surface area contributed by atoms with Crippen molar-refractivity contribution in [1.29, 1.82) is 0 Å². The number of hydrogen-bond acceptors (Lipinski definition) is 2. The smallest absolute Gasteiger partial charge is 0.317 e. The van der Waals surface area contributed by atoms with Gasteiger partial charge in [0.25, 0.3) is 0 Å². The van der Waals surface area contributed by atoms with Crippen molar-refractivity contribution in [2.45, 2.75) is 27.3 Å². The molecule has 0 atom stereocenters. The SMILES string of the molecule is CCN(CC(C)(C)CN)C(=O)NCc1ccccc1. The molecule has 0 aliphatic rings. The quantitative estimate of drug-likeness (QED) is 0.826. The van der Waals surface area contributed by atoms with E-state index in [9.17, 15) is 4.79 Å². The molecule has 106 valence electrons. The molecule has 0 aliphatic heterocycles. The summed E-state index contributed by atoms with van der Waals surface area (Å²) >= 11 is 0. The Morgan fingerprint density at radius 2 is 1.95 bits per heavy atom. The second-order valence-electron chi connectivity index (χ2n) is 5.53. The molecule has 1 rings (SSSR count). The van der Waals surface area contributed by atoms with E-state index in [1.807, 2.05) is 37.3 Å². The van der Waals surface area contributed by atoms with E-state index >= 15 is 0 Å². The average Bonchev–Trinajstić information content (AvgIpc) is 2.43. The molecule has 1 aromatic rings. The summed E-state index contributed by atoms with van der Waals surface area (Å²) in [5.74, 6) is 0. The normalized spacial score (nSPS) is 11.2. The third kappa shape index (κ3) is 5.30. The Morgan fingerprint density at radius 1 is 1.32 bits per heavy atom. The second kappa shape index (κ2) is 7.14. The van der Waals surface area contributed by atoms with E-state index in [4.69, 9.17) is 5.73 Å². The molecule has 4 heteroatoms. The molecule has 0 unspecified atom stereocenters. The van der Waals surface area contributed by atoms with E-state index < -0.39 is 0 Å². The molecular formula is C15H25N3O. The zero-order valence-electron chi connectivity index (χ0n) is 12.1. The minimum atomic E-state index is -0.0555. The second-order valence-corrected chi connectivity index (χ2v) is 5.53. The highest BCUT2D eigenvalue weighted by molar-refractivity contribution is 5.74. The number of nitrogens with zero attached hydrogens (tertiary/aromatic N) is 1. The fraction of sp³-hybridized carbons (Fsp3) is 0.533. The summed E-state index contributed by atoms with van der Waals surface area (Å²) in [6.45, 7) is 8.59. The molecule has 19 heavy (non-hydrogen) atoms. The first-order valence-electron chi connectivity index (χ1n) is 6.75. The zero-order chi connectivity index (χ0) is 14.3. The van der Waals surface area contributed by atoms with Gasteiger partial charge in [-0.1, -0.05) is 44.2 Å². The molecule has 4 nitrogen and oxygen atoms in total. The van der Waals surface area contributed by atoms with Crippen molar-refractivity contribution < 1.29 is 4.79 Å². The molecule has 0 saturated heterocycles. The molecule has 2 amide bonds. The molecule has 0 aromatic heterocycles. The molecule has 0 radical (unpaired) electrons. The fourth-order valence-electron chi connectivity index (χ4n) is 1.79. The number of urea groups is 1. The van der Waals surface area contributed by atoms with E-state index in [-0.39, 0.29) is 11.4 Å². The highest BCUT2D eigenvalue weighted by Gasteiger charge is 2.22. The predicted octanol–water partition coefficient (Wildman–Crippen LogP) is 2.20. The van der Waals surface area contributed by atoms with Crippen LogP contribution in [0.5, 0.6) is 0 Å². The van der Waals surface area contributed by atoms with Gasteiger partial charge in [0.05, 0.1) is 0 Å². The monoisotopic (exact) mass is 263 g/mol. The van der Waals surface area contributed by atoms with Crippen LogP contribution in [0.1, 0.15) is 26.3 Å². The lowest BCUT2D eigenvalue weighted by molar-refractivity contribution is 0.173. The number of hydrogen-bond donors (Lipinski definition) is 2. The van der Waals surface area contributed by atoms with Crippen LogP contribution in [0.3, 0.4) is 0 Å². The Balaban J connectivity index is 2.50. The lowest BCUT2D eigenvalue weighted by Crippen LogP contribution is -2.46. The third-order valence-corrected chi connectivity index (χ3v) is 3.13. The number of carbonyl (C=O) groups excluding carboxylic acids is 1. The van der Waals surface area contributed by atoms with Gasteiger partial charge in [-0.3, -0.25) is 0 Å². The third-order valence-electron chi connectivity index (χ3n) is 3.13. The van der Waals surface area contributed by atoms with E-state index in [1.165, 1.54) is 0 Å². The Labute approximate surface area is 116 Å². The van der Waals surface area contributed by atoms with Crippen molar-refractivity contribution in [3.63, 3.8) is 0 Å². The van der Waals surface area contributed by atoms with Crippen molar-refractivity contribution in [3.8, 4) is 0 Å². The van der Waals surface area contributed by atoms with Crippen LogP contribution >= 0.6 is 0 Å². The van der Waals surface area contributed by atoms with Crippen LogP contribution in [0.25, 0.3) is 0 Å². The zero-order valence-corrected chi connectivity index (χ0v) is 12.1. The number of carbonyl (C=O) groups is 1. The highest BCUT2D eigenvalue weighted by Crippen LogP contribution is 2.14. The van der Waals surface area contributed by atoms with Crippen molar-refractivity contribution >= 4 is 6.03 Å². The number of nitrogens with two attached hydrogens (primary N) is 1. The van der Waals surface area contributed by atoms with Crippen LogP contribution in [0.15, 0.2) is 30.3 Å². The van der Waals surface area contributed by atoms with Gasteiger partial charge in [0.15, 0.2) is 0 Å². The lowest BCUT2D eigenvalue weighted by atomic mass is 9.93. The predicted molar refractivity (Wildman–Crippen MR) is 78.8 cm³/mol. The standard InChI is InChI=1S/C15H25N3O/c1-4-18(12-15(2,3)11-16)14(19)17-10-13-8-6-5-7-9-13/h5-9H,4,10-12,16H2,1-3H3,(H,17,19). The Hall–Kier alpha value is -1.55. The highest BCUT2D eigenvalue weighted by atomic mass is 16.2. The van der Waals surface area contributed by atoms with Gasteiger partial charge >= 0.3 is 6.03 Å². The van der Waals surface area contributed by atoms with E-state index in [1.54, 1.807) is 4.90 Å². The molecule has 0 fully saturated rings. The van der Waals surface area contributed by atoms with Gasteiger partial charge in [-0.05, 0) is 24.4 Å². The first-order valence-corrected chi connectivity index (χ1v) is 6.75. The first-order chi connectivity index (χ1) is 8.98. The lowest BCUT2D eigenvalue weighted by Gasteiger charge is -2.31. The van der Waals surface area contributed by atoms with Gasteiger partial charge < -0.3 is 16.0 Å². The maximum absolute atomic E-state index is 12.1. The summed E-state index contributed by atoms with van der Waals surface area (Å²) in [6, 6.07) is 9.87. The average molecular weight is 263 g/mol. The Kier molecular flexibility index (Phi) is 5.83. The Bertz CT molecular complexity index is 390. The summed E-state index contributed by atoms with van der Waals surface area (Å²) in [6.07, 6.45) is 0. The summed E-state index contributed by atoms with van der Waals surface area (Å²) < 4.78 is 0. The number of benzene rings is 1. The van der Waals surface area contributed by atoms with Crippen LogP contribution < -0.4 is 11.1 Å². The van der Waals surface area contributed by atoms with Gasteiger partial charge in [0, 0.05) is 19.6 Å². The summed E-state index contributed by atoms with van der Waals surface area (Å²) in [5, 5.41) is 2.94. The van der Waals surface area contributed by atoms with Crippen LogP contribution in [-0.4, -0.2) is 30.6 Å². The number of rotatable bonds is 6. The van der Waals surface area contributed by atoms with Gasteiger partial charge in [-0.15, -0.1) is 0 Å². The van der Waals surface area contributed by atoms with Gasteiger partial charge in [0.1, 0.15) is 0 Å². The first kappa shape index (κ1) is 15.5. The molecule has 0 saturated carbocycles. The van der Waals surface area contributed by atoms with E-state index in [0.717, 1.165) is 5.56 Å². The maximum atomic E-state index is 12.1. The number of nitrogens with one attached hydrogen (secondary N) is 1. The van der Waals surface area contributed by atoms with Crippen LogP contribution in [0.2, 0.25) is 0 Å². The minimum absolute atomic E-state index is 0.0344. The van der Waals surface area contributed by atoms with Crippen molar-refractivity contribution in [2.24, 2.45) is 11.1 Å². The van der Waals surface area contributed by atoms with Crippen LogP contribution in [0, 0.1) is 5.41 Å². The van der Waals surface area contributed by atoms with Crippen molar-refractivity contribution in [3.05, 3.63) is 35.9 Å². The topological polar surface area (TPSA) is 58.4 Å². The van der Waals surface area contributed by atoms with Crippen molar-refractivity contribution in [2.75, 3.05) is 19.6 Å². The number of amides is 2. The van der Waals surface area contributed by atoms with Crippen LogP contribution in [-0.2, 0) is 6.54 Å². The molecule has 0 bridgehead atoms. The molecule has 1 aromatic carbocycles. The summed E-state index contributed by atoms with van der Waals surface area (Å²) in [5.41, 5.74) is 6.76. The van der Waals surface area contributed by atoms with Gasteiger partial charge in [0.2, 0.25) is 0 Å². The molecule has 0 spiro atoms. The minimum Gasteiger partial charge on any atom is -0.334 e. The molecule has 3 N–H and O–H groups in total. The van der Waals surface area contributed by atoms with E-state index in [0.29, 0.717) is 26.2 Å². The van der Waals surface area contributed by atoms with Crippen LogP contribution in [0.4, 0.5) is 4.79 Å². The Morgan fingerprint density at radius 3 is 2.47 bits per heavy atom. The molecule has 0 heterocycles. The van der Waals surface area contributed by atoms with Crippen molar-refractivity contribution in [1.82, 2.24) is 10.2 Å². The maximum Gasteiger partial charge on any atom is 0.317 e. The van der Waals surface area contributed by atoms with Gasteiger partial charge in [-0.25, -0.2) is 4.79 Å². The summed E-state index contributed by atoms with van der Waals surface area (Å²) in [7, 11) is 0. The van der Waals surface area contributed by atoms with E-state index in [2.05, 4.69) is 19.2 Å². The largest absolute Gasteiger partial charge is 0.334 e. The van der Waals surface area contributed by atoms with Gasteiger partial charge in [-0.2, -0.15) is 0 Å². The molecular weight excluding hydrogens is 238 g/mol. The fourth-order valence-corrected chi connectivity index (χ4v) is 1.79. The summed E-state index contributed by atoms with van der Waals surface area (Å²) in [4.78, 5) is 13.9. The molecule has 0 aliphatic carbocycles.